The molecule has 1 aromatic carbocycles. The molecule has 2 aromatic rings. The molecule has 1 atom stereocenters. The van der Waals surface area contributed by atoms with E-state index in [0.717, 1.165) is 36.1 Å². The Hall–Kier alpha value is -1.35. The quantitative estimate of drug-likeness (QED) is 0.880. The molecule has 2 rings (SSSR count). The van der Waals surface area contributed by atoms with Crippen LogP contribution in [0, 0.1) is 0 Å². The van der Waals surface area contributed by atoms with Crippen molar-refractivity contribution in [2.24, 2.45) is 7.05 Å². The monoisotopic (exact) mass is 246 g/mol. The number of rotatable bonds is 5. The van der Waals surface area contributed by atoms with Crippen molar-refractivity contribution >= 4 is 11.0 Å². The van der Waals surface area contributed by atoms with Crippen molar-refractivity contribution in [1.29, 1.82) is 0 Å². The van der Waals surface area contributed by atoms with E-state index in [2.05, 4.69) is 22.5 Å². The molecular weight excluding hydrogens is 224 g/mol. The van der Waals surface area contributed by atoms with Crippen LogP contribution >= 0.6 is 0 Å². The lowest BCUT2D eigenvalue weighted by Gasteiger charge is -2.25. The van der Waals surface area contributed by atoms with Gasteiger partial charge in [-0.15, -0.1) is 0 Å². The lowest BCUT2D eigenvalue weighted by molar-refractivity contribution is 0.0247. The number of imidazole rings is 1. The molecular formula is C15H22N2O. The highest BCUT2D eigenvalue weighted by molar-refractivity contribution is 5.75. The van der Waals surface area contributed by atoms with Gasteiger partial charge in [-0.25, -0.2) is 4.98 Å². The molecule has 0 spiro atoms. The number of aliphatic hydroxyl groups is 1. The Morgan fingerprint density at radius 1 is 1.28 bits per heavy atom. The van der Waals surface area contributed by atoms with E-state index >= 15 is 0 Å². The van der Waals surface area contributed by atoms with E-state index in [1.165, 1.54) is 0 Å². The maximum Gasteiger partial charge on any atom is 0.112 e. The third-order valence-electron chi connectivity index (χ3n) is 3.74. The Bertz CT molecular complexity index is 532. The molecule has 1 N–H and O–H groups in total. The SMILES string of the molecule is CCCC(O)(CC)Cc1nc2ccccc2n1C. The minimum absolute atomic E-state index is 0.621. The van der Waals surface area contributed by atoms with Gasteiger partial charge in [0, 0.05) is 13.5 Å². The summed E-state index contributed by atoms with van der Waals surface area (Å²) in [6.45, 7) is 4.15. The average Bonchev–Trinajstić information content (AvgIpc) is 2.67. The molecule has 0 amide bonds. The molecule has 18 heavy (non-hydrogen) atoms. The Morgan fingerprint density at radius 2 is 2.00 bits per heavy atom. The molecule has 1 aromatic heterocycles. The van der Waals surface area contributed by atoms with Gasteiger partial charge in [-0.1, -0.05) is 32.4 Å². The highest BCUT2D eigenvalue weighted by Crippen LogP contribution is 2.24. The predicted octanol–water partition coefficient (Wildman–Crippen LogP) is 3.06. The average molecular weight is 246 g/mol. The number of para-hydroxylation sites is 2. The van der Waals surface area contributed by atoms with Gasteiger partial charge >= 0.3 is 0 Å². The van der Waals surface area contributed by atoms with Crippen molar-refractivity contribution in [3.63, 3.8) is 0 Å². The largest absolute Gasteiger partial charge is 0.389 e. The lowest BCUT2D eigenvalue weighted by Crippen LogP contribution is -2.31. The fourth-order valence-corrected chi connectivity index (χ4v) is 2.50. The summed E-state index contributed by atoms with van der Waals surface area (Å²) in [6, 6.07) is 8.10. The van der Waals surface area contributed by atoms with Gasteiger partial charge in [-0.3, -0.25) is 0 Å². The standard InChI is InChI=1S/C15H22N2O/c1-4-10-15(18,5-2)11-14-16-12-8-6-7-9-13(12)17(14)3/h6-9,18H,4-5,10-11H2,1-3H3. The van der Waals surface area contributed by atoms with E-state index in [0.29, 0.717) is 6.42 Å². The molecule has 0 saturated carbocycles. The molecule has 98 valence electrons. The van der Waals surface area contributed by atoms with Gasteiger partial charge in [0.25, 0.3) is 0 Å². The smallest absolute Gasteiger partial charge is 0.112 e. The van der Waals surface area contributed by atoms with Gasteiger partial charge in [0.1, 0.15) is 5.82 Å². The normalized spacial score (nSPS) is 14.9. The van der Waals surface area contributed by atoms with Crippen LogP contribution < -0.4 is 0 Å². The summed E-state index contributed by atoms with van der Waals surface area (Å²) < 4.78 is 2.09. The van der Waals surface area contributed by atoms with E-state index in [1.54, 1.807) is 0 Å². The molecule has 0 aliphatic rings. The second-order valence-electron chi connectivity index (χ2n) is 5.08. The van der Waals surface area contributed by atoms with Gasteiger partial charge in [-0.2, -0.15) is 0 Å². The number of aryl methyl sites for hydroxylation is 1. The number of benzene rings is 1. The minimum Gasteiger partial charge on any atom is -0.389 e. The van der Waals surface area contributed by atoms with Gasteiger partial charge in [-0.05, 0) is 25.0 Å². The number of hydrogen-bond donors (Lipinski definition) is 1. The van der Waals surface area contributed by atoms with E-state index in [9.17, 15) is 5.11 Å². The number of nitrogens with zero attached hydrogens (tertiary/aromatic N) is 2. The molecule has 0 aliphatic heterocycles. The van der Waals surface area contributed by atoms with Gasteiger partial charge in [0.15, 0.2) is 0 Å². The zero-order valence-electron chi connectivity index (χ0n) is 11.5. The third kappa shape index (κ3) is 2.41. The Labute approximate surface area is 108 Å². The van der Waals surface area contributed by atoms with Crippen LogP contribution in [0.5, 0.6) is 0 Å². The predicted molar refractivity (Wildman–Crippen MR) is 74.6 cm³/mol. The molecule has 1 heterocycles. The summed E-state index contributed by atoms with van der Waals surface area (Å²) >= 11 is 0. The second-order valence-corrected chi connectivity index (χ2v) is 5.08. The molecule has 3 nitrogen and oxygen atoms in total. The van der Waals surface area contributed by atoms with Crippen LogP contribution in [0.1, 0.15) is 38.9 Å². The minimum atomic E-state index is -0.621. The molecule has 1 unspecified atom stereocenters. The second kappa shape index (κ2) is 5.11. The van der Waals surface area contributed by atoms with Crippen molar-refractivity contribution in [1.82, 2.24) is 9.55 Å². The summed E-state index contributed by atoms with van der Waals surface area (Å²) in [6.07, 6.45) is 3.22. The number of fused-ring (bicyclic) bond motifs is 1. The van der Waals surface area contributed by atoms with Crippen LogP contribution in [0.2, 0.25) is 0 Å². The molecule has 0 saturated heterocycles. The summed E-state index contributed by atoms with van der Waals surface area (Å²) in [5.74, 6) is 0.967. The van der Waals surface area contributed by atoms with Crippen molar-refractivity contribution in [3.05, 3.63) is 30.1 Å². The van der Waals surface area contributed by atoms with Crippen LogP contribution in [-0.4, -0.2) is 20.3 Å². The molecule has 0 fully saturated rings. The maximum absolute atomic E-state index is 10.6. The highest BCUT2D eigenvalue weighted by Gasteiger charge is 2.26. The fourth-order valence-electron chi connectivity index (χ4n) is 2.50. The summed E-state index contributed by atoms with van der Waals surface area (Å²) in [4.78, 5) is 4.63. The van der Waals surface area contributed by atoms with Crippen molar-refractivity contribution in [3.8, 4) is 0 Å². The van der Waals surface area contributed by atoms with Crippen LogP contribution in [0.15, 0.2) is 24.3 Å². The van der Waals surface area contributed by atoms with Crippen molar-refractivity contribution in [2.75, 3.05) is 0 Å². The number of aromatic nitrogens is 2. The Morgan fingerprint density at radius 3 is 2.61 bits per heavy atom. The van der Waals surface area contributed by atoms with Crippen molar-refractivity contribution in [2.45, 2.75) is 45.1 Å². The zero-order chi connectivity index (χ0) is 13.2. The van der Waals surface area contributed by atoms with E-state index in [1.807, 2.05) is 32.2 Å². The Balaban J connectivity index is 2.34. The first kappa shape index (κ1) is 13.1. The first-order valence-corrected chi connectivity index (χ1v) is 6.72. The summed E-state index contributed by atoms with van der Waals surface area (Å²) in [7, 11) is 2.02. The molecule has 3 heteroatoms. The molecule has 0 radical (unpaired) electrons. The van der Waals surface area contributed by atoms with Crippen LogP contribution in [-0.2, 0) is 13.5 Å². The lowest BCUT2D eigenvalue weighted by atomic mass is 9.91. The Kier molecular flexibility index (Phi) is 3.71. The van der Waals surface area contributed by atoms with E-state index < -0.39 is 5.60 Å². The van der Waals surface area contributed by atoms with Gasteiger partial charge in [0.05, 0.1) is 16.6 Å². The van der Waals surface area contributed by atoms with E-state index in [-0.39, 0.29) is 0 Å². The maximum atomic E-state index is 10.6. The van der Waals surface area contributed by atoms with Gasteiger partial charge in [0.2, 0.25) is 0 Å². The van der Waals surface area contributed by atoms with Crippen molar-refractivity contribution < 1.29 is 5.11 Å². The fraction of sp³-hybridized carbons (Fsp3) is 0.533. The first-order valence-electron chi connectivity index (χ1n) is 6.72. The van der Waals surface area contributed by atoms with Crippen LogP contribution in [0.25, 0.3) is 11.0 Å². The van der Waals surface area contributed by atoms with Crippen LogP contribution in [0.3, 0.4) is 0 Å². The number of hydrogen-bond acceptors (Lipinski definition) is 2. The molecule has 0 bridgehead atoms. The summed E-state index contributed by atoms with van der Waals surface area (Å²) in [5, 5.41) is 10.6. The topological polar surface area (TPSA) is 38.1 Å². The zero-order valence-corrected chi connectivity index (χ0v) is 11.5. The summed E-state index contributed by atoms with van der Waals surface area (Å²) in [5.41, 5.74) is 1.51. The molecule has 0 aliphatic carbocycles. The van der Waals surface area contributed by atoms with Crippen LogP contribution in [0.4, 0.5) is 0 Å². The first-order chi connectivity index (χ1) is 8.59. The third-order valence-corrected chi connectivity index (χ3v) is 3.74. The van der Waals surface area contributed by atoms with E-state index in [4.69, 9.17) is 0 Å². The van der Waals surface area contributed by atoms with Gasteiger partial charge < -0.3 is 9.67 Å². The highest BCUT2D eigenvalue weighted by atomic mass is 16.3.